The summed E-state index contributed by atoms with van der Waals surface area (Å²) in [4.78, 5) is 0. The number of rotatable bonds is 4. The molecule has 2 aromatic rings. The van der Waals surface area contributed by atoms with Crippen molar-refractivity contribution < 1.29 is 4.74 Å². The highest BCUT2D eigenvalue weighted by Crippen LogP contribution is 2.19. The molecule has 0 aliphatic carbocycles. The molecule has 0 atom stereocenters. The molecule has 19 heavy (non-hydrogen) atoms. The van der Waals surface area contributed by atoms with Gasteiger partial charge in [-0.1, -0.05) is 55.3 Å². The molecule has 0 fully saturated rings. The van der Waals surface area contributed by atoms with Crippen molar-refractivity contribution in [2.75, 3.05) is 0 Å². The third kappa shape index (κ3) is 3.85. The second-order valence-electron chi connectivity index (χ2n) is 5.51. The van der Waals surface area contributed by atoms with Gasteiger partial charge in [0.25, 0.3) is 0 Å². The van der Waals surface area contributed by atoms with Crippen molar-refractivity contribution in [2.24, 2.45) is 0 Å². The summed E-state index contributed by atoms with van der Waals surface area (Å²) in [5.41, 5.74) is 5.15. The Morgan fingerprint density at radius 3 is 2.00 bits per heavy atom. The van der Waals surface area contributed by atoms with Crippen LogP contribution in [0.4, 0.5) is 0 Å². The normalized spacial score (nSPS) is 10.8. The average molecular weight is 254 g/mol. The molecule has 0 N–H and O–H groups in total. The molecule has 0 heterocycles. The van der Waals surface area contributed by atoms with Gasteiger partial charge in [-0.05, 0) is 43.0 Å². The molecule has 0 unspecified atom stereocenters. The lowest BCUT2D eigenvalue weighted by Gasteiger charge is -2.10. The molecule has 2 aromatic carbocycles. The van der Waals surface area contributed by atoms with E-state index in [0.29, 0.717) is 12.5 Å². The Morgan fingerprint density at radius 2 is 1.47 bits per heavy atom. The van der Waals surface area contributed by atoms with Gasteiger partial charge in [0.15, 0.2) is 0 Å². The van der Waals surface area contributed by atoms with Gasteiger partial charge in [-0.3, -0.25) is 0 Å². The molecule has 0 aliphatic heterocycles. The lowest BCUT2D eigenvalue weighted by Crippen LogP contribution is -1.97. The van der Waals surface area contributed by atoms with Crippen LogP contribution in [0.3, 0.4) is 0 Å². The van der Waals surface area contributed by atoms with Gasteiger partial charge in [0.1, 0.15) is 12.4 Å². The summed E-state index contributed by atoms with van der Waals surface area (Å²) >= 11 is 0. The van der Waals surface area contributed by atoms with Crippen molar-refractivity contribution in [1.29, 1.82) is 0 Å². The summed E-state index contributed by atoms with van der Waals surface area (Å²) in [6.07, 6.45) is 0. The van der Waals surface area contributed by atoms with Crippen molar-refractivity contribution in [3.8, 4) is 5.75 Å². The van der Waals surface area contributed by atoms with Crippen LogP contribution in [0, 0.1) is 13.8 Å². The van der Waals surface area contributed by atoms with Gasteiger partial charge in [-0.15, -0.1) is 0 Å². The van der Waals surface area contributed by atoms with Crippen molar-refractivity contribution in [3.63, 3.8) is 0 Å². The van der Waals surface area contributed by atoms with E-state index in [1.807, 2.05) is 0 Å². The molecule has 0 bridgehead atoms. The van der Waals surface area contributed by atoms with Gasteiger partial charge >= 0.3 is 0 Å². The van der Waals surface area contributed by atoms with Crippen LogP contribution >= 0.6 is 0 Å². The van der Waals surface area contributed by atoms with E-state index in [1.165, 1.54) is 22.3 Å². The first-order valence-corrected chi connectivity index (χ1v) is 6.84. The first-order valence-electron chi connectivity index (χ1n) is 6.84. The topological polar surface area (TPSA) is 9.23 Å². The smallest absolute Gasteiger partial charge is 0.119 e. The first kappa shape index (κ1) is 13.7. The van der Waals surface area contributed by atoms with Crippen LogP contribution < -0.4 is 4.74 Å². The lowest BCUT2D eigenvalue weighted by atomic mass is 10.0. The van der Waals surface area contributed by atoms with E-state index in [-0.39, 0.29) is 0 Å². The molecule has 0 aromatic heterocycles. The number of ether oxygens (including phenoxy) is 1. The number of hydrogen-bond acceptors (Lipinski definition) is 1. The van der Waals surface area contributed by atoms with Crippen molar-refractivity contribution >= 4 is 0 Å². The molecule has 0 saturated heterocycles. The quantitative estimate of drug-likeness (QED) is 0.745. The maximum atomic E-state index is 5.84. The zero-order chi connectivity index (χ0) is 13.8. The zero-order valence-corrected chi connectivity index (χ0v) is 12.2. The number of benzene rings is 2. The van der Waals surface area contributed by atoms with Crippen LogP contribution in [0.15, 0.2) is 42.5 Å². The van der Waals surface area contributed by atoms with Crippen LogP contribution in [0.5, 0.6) is 5.75 Å². The van der Waals surface area contributed by atoms with Crippen molar-refractivity contribution in [3.05, 3.63) is 64.7 Å². The van der Waals surface area contributed by atoms with Gasteiger partial charge in [-0.2, -0.15) is 0 Å². The predicted octanol–water partition coefficient (Wildman–Crippen LogP) is 5.01. The Balaban J connectivity index is 2.02. The minimum absolute atomic E-state index is 0.563. The van der Waals surface area contributed by atoms with Gasteiger partial charge in [-0.25, -0.2) is 0 Å². The van der Waals surface area contributed by atoms with Gasteiger partial charge in [0, 0.05) is 0 Å². The van der Waals surface area contributed by atoms with Crippen molar-refractivity contribution in [1.82, 2.24) is 0 Å². The molecule has 0 saturated carbocycles. The second-order valence-corrected chi connectivity index (χ2v) is 5.51. The van der Waals surface area contributed by atoms with Gasteiger partial charge in [0.2, 0.25) is 0 Å². The highest BCUT2D eigenvalue weighted by atomic mass is 16.5. The number of aryl methyl sites for hydroxylation is 2. The van der Waals surface area contributed by atoms with Crippen LogP contribution in [-0.2, 0) is 6.61 Å². The minimum Gasteiger partial charge on any atom is -0.489 e. The Morgan fingerprint density at radius 1 is 0.895 bits per heavy atom. The molecule has 0 spiro atoms. The highest BCUT2D eigenvalue weighted by Gasteiger charge is 2.01. The van der Waals surface area contributed by atoms with Crippen molar-refractivity contribution in [2.45, 2.75) is 40.2 Å². The molecular weight excluding hydrogens is 232 g/mol. The summed E-state index contributed by atoms with van der Waals surface area (Å²) in [7, 11) is 0. The highest BCUT2D eigenvalue weighted by molar-refractivity contribution is 5.31. The summed E-state index contributed by atoms with van der Waals surface area (Å²) < 4.78 is 5.84. The summed E-state index contributed by atoms with van der Waals surface area (Å²) in [5.74, 6) is 1.50. The molecule has 1 nitrogen and oxygen atoms in total. The zero-order valence-electron chi connectivity index (χ0n) is 12.2. The fourth-order valence-electron chi connectivity index (χ4n) is 2.27. The Labute approximate surface area is 116 Å². The molecule has 2 rings (SSSR count). The molecular formula is C18H22O. The maximum Gasteiger partial charge on any atom is 0.119 e. The van der Waals surface area contributed by atoms with Crippen LogP contribution in [-0.4, -0.2) is 0 Å². The van der Waals surface area contributed by atoms with Crippen LogP contribution in [0.1, 0.15) is 42.0 Å². The first-order chi connectivity index (χ1) is 9.04. The Hall–Kier alpha value is -1.76. The molecule has 0 amide bonds. The maximum absolute atomic E-state index is 5.84. The van der Waals surface area contributed by atoms with E-state index in [1.54, 1.807) is 0 Å². The average Bonchev–Trinajstić information content (AvgIpc) is 2.36. The third-order valence-electron chi connectivity index (χ3n) is 3.23. The summed E-state index contributed by atoms with van der Waals surface area (Å²) in [6.45, 7) is 9.27. The Bertz CT molecular complexity index is 518. The van der Waals surface area contributed by atoms with E-state index in [4.69, 9.17) is 4.74 Å². The van der Waals surface area contributed by atoms with E-state index in [0.717, 1.165) is 5.75 Å². The van der Waals surface area contributed by atoms with E-state index < -0.39 is 0 Å². The SMILES string of the molecule is Cc1cc(C)cc(COc2ccc(C(C)C)cc2)c1. The predicted molar refractivity (Wildman–Crippen MR) is 80.8 cm³/mol. The van der Waals surface area contributed by atoms with Crippen LogP contribution in [0.25, 0.3) is 0 Å². The fourth-order valence-corrected chi connectivity index (χ4v) is 2.27. The monoisotopic (exact) mass is 254 g/mol. The summed E-state index contributed by atoms with van der Waals surface area (Å²) in [5, 5.41) is 0. The van der Waals surface area contributed by atoms with E-state index in [2.05, 4.69) is 70.2 Å². The molecule has 1 heteroatoms. The lowest BCUT2D eigenvalue weighted by molar-refractivity contribution is 0.306. The largest absolute Gasteiger partial charge is 0.489 e. The molecule has 0 radical (unpaired) electrons. The van der Waals surface area contributed by atoms with Crippen LogP contribution in [0.2, 0.25) is 0 Å². The minimum atomic E-state index is 0.563. The standard InChI is InChI=1S/C18H22O/c1-13(2)17-5-7-18(8-6-17)19-12-16-10-14(3)9-15(4)11-16/h5-11,13H,12H2,1-4H3. The van der Waals surface area contributed by atoms with Gasteiger partial charge < -0.3 is 4.74 Å². The number of hydrogen-bond donors (Lipinski definition) is 0. The third-order valence-corrected chi connectivity index (χ3v) is 3.23. The van der Waals surface area contributed by atoms with Gasteiger partial charge in [0.05, 0.1) is 0 Å². The van der Waals surface area contributed by atoms with E-state index in [9.17, 15) is 0 Å². The second kappa shape index (κ2) is 5.92. The summed E-state index contributed by atoms with van der Waals surface area (Å²) in [6, 6.07) is 14.9. The van der Waals surface area contributed by atoms with E-state index >= 15 is 0 Å². The fraction of sp³-hybridized carbons (Fsp3) is 0.333. The Kier molecular flexibility index (Phi) is 4.26. The molecule has 0 aliphatic rings. The molecule has 100 valence electrons.